The van der Waals surface area contributed by atoms with Crippen molar-refractivity contribution in [2.45, 2.75) is 20.7 Å². The Kier molecular flexibility index (Phi) is 4.78. The van der Waals surface area contributed by atoms with E-state index in [4.69, 9.17) is 12.5 Å². The van der Waals surface area contributed by atoms with E-state index in [2.05, 4.69) is 9.98 Å². The molecule has 0 aliphatic carbocycles. The number of nitrogens with zero attached hydrogens (tertiary/aromatic N) is 2. The number of rotatable bonds is 2. The number of aromatic nitrogens is 1. The van der Waals surface area contributed by atoms with E-state index < -0.39 is 0 Å². The van der Waals surface area contributed by atoms with Gasteiger partial charge in [0.1, 0.15) is 0 Å². The highest BCUT2D eigenvalue weighted by Gasteiger charge is 2.02. The van der Waals surface area contributed by atoms with Gasteiger partial charge in [-0.1, -0.05) is 25.2 Å². The molecule has 0 bridgehead atoms. The van der Waals surface area contributed by atoms with Gasteiger partial charge in [-0.15, -0.1) is 0 Å². The van der Waals surface area contributed by atoms with Crippen LogP contribution in [0.5, 0.6) is 0 Å². The summed E-state index contributed by atoms with van der Waals surface area (Å²) in [6.07, 6.45) is 2.27. The SMILES string of the molecule is CC.[2H]Cc1sc(N=CN)nc1C=N. The molecule has 72 valence electrons. The number of aliphatic imine (C=N–C) groups is 1. The van der Waals surface area contributed by atoms with Gasteiger partial charge in [-0.2, -0.15) is 0 Å². The third-order valence-electron chi connectivity index (χ3n) is 1.04. The quantitative estimate of drug-likeness (QED) is 0.565. The van der Waals surface area contributed by atoms with E-state index in [1.165, 1.54) is 11.3 Å². The van der Waals surface area contributed by atoms with Crippen molar-refractivity contribution >= 4 is 29.0 Å². The van der Waals surface area contributed by atoms with Crippen molar-refractivity contribution in [3.63, 3.8) is 0 Å². The predicted octanol–water partition coefficient (Wildman–Crippen LogP) is 2.09. The Morgan fingerprint density at radius 3 is 2.77 bits per heavy atom. The minimum Gasteiger partial charge on any atom is -0.390 e. The Balaban J connectivity index is 0.000000791. The van der Waals surface area contributed by atoms with E-state index in [1.807, 2.05) is 13.8 Å². The molecule has 0 spiro atoms. The molecule has 0 aliphatic rings. The molecule has 3 N–H and O–H groups in total. The maximum atomic E-state index is 7.12. The van der Waals surface area contributed by atoms with Crippen LogP contribution in [-0.2, 0) is 0 Å². The molecule has 13 heavy (non-hydrogen) atoms. The van der Waals surface area contributed by atoms with Gasteiger partial charge in [0.05, 0.1) is 12.0 Å². The Hall–Kier alpha value is -1.23. The van der Waals surface area contributed by atoms with Crippen LogP contribution in [0.2, 0.25) is 0 Å². The summed E-state index contributed by atoms with van der Waals surface area (Å²) in [5.41, 5.74) is 5.58. The molecule has 0 radical (unpaired) electrons. The molecular weight excluding hydrogens is 184 g/mol. The number of thiazole rings is 1. The van der Waals surface area contributed by atoms with E-state index >= 15 is 0 Å². The van der Waals surface area contributed by atoms with Gasteiger partial charge in [-0.25, -0.2) is 9.98 Å². The highest BCUT2D eigenvalue weighted by atomic mass is 32.1. The van der Waals surface area contributed by atoms with Crippen molar-refractivity contribution in [1.82, 2.24) is 4.98 Å². The molecule has 0 atom stereocenters. The smallest absolute Gasteiger partial charge is 0.211 e. The Morgan fingerprint density at radius 2 is 2.38 bits per heavy atom. The highest BCUT2D eigenvalue weighted by Crippen LogP contribution is 2.22. The van der Waals surface area contributed by atoms with Gasteiger partial charge in [-0.3, -0.25) is 0 Å². The van der Waals surface area contributed by atoms with E-state index in [9.17, 15) is 0 Å². The lowest BCUT2D eigenvalue weighted by Gasteiger charge is -1.79. The first-order chi connectivity index (χ1) is 6.81. The summed E-state index contributed by atoms with van der Waals surface area (Å²) >= 11 is 1.28. The van der Waals surface area contributed by atoms with Crippen LogP contribution in [0.15, 0.2) is 4.99 Å². The number of hydrogen-bond donors (Lipinski definition) is 2. The molecule has 0 aliphatic heterocycles. The fourth-order valence-electron chi connectivity index (χ4n) is 0.582. The fourth-order valence-corrected chi connectivity index (χ4v) is 1.27. The average Bonchev–Trinajstić information content (AvgIpc) is 2.64. The molecular formula is C8H14N4S. The van der Waals surface area contributed by atoms with Crippen molar-refractivity contribution in [3.05, 3.63) is 10.6 Å². The number of nitrogens with one attached hydrogen (secondary N) is 1. The third-order valence-corrected chi connectivity index (χ3v) is 1.87. The summed E-state index contributed by atoms with van der Waals surface area (Å²) < 4.78 is 7.12. The zero-order chi connectivity index (χ0) is 11.0. The molecule has 0 aromatic carbocycles. The summed E-state index contributed by atoms with van der Waals surface area (Å²) in [5, 5.41) is 7.48. The summed E-state index contributed by atoms with van der Waals surface area (Å²) in [7, 11) is 0. The molecule has 0 amide bonds. The molecule has 0 saturated heterocycles. The molecule has 5 heteroatoms. The van der Waals surface area contributed by atoms with Gasteiger partial charge in [0.2, 0.25) is 5.13 Å². The molecule has 1 aromatic rings. The first kappa shape index (κ1) is 9.85. The Morgan fingerprint density at radius 1 is 1.69 bits per heavy atom. The van der Waals surface area contributed by atoms with Crippen molar-refractivity contribution < 1.29 is 1.37 Å². The first-order valence-corrected chi connectivity index (χ1v) is 4.67. The van der Waals surface area contributed by atoms with Gasteiger partial charge in [-0.05, 0) is 6.90 Å². The largest absolute Gasteiger partial charge is 0.390 e. The molecule has 4 nitrogen and oxygen atoms in total. The van der Waals surface area contributed by atoms with Crippen LogP contribution in [0.4, 0.5) is 5.13 Å². The molecule has 1 rings (SSSR count). The molecule has 0 unspecified atom stereocenters. The highest BCUT2D eigenvalue weighted by molar-refractivity contribution is 7.15. The van der Waals surface area contributed by atoms with Crippen LogP contribution in [-0.4, -0.2) is 17.5 Å². The van der Waals surface area contributed by atoms with E-state index in [0.29, 0.717) is 10.8 Å². The Labute approximate surface area is 83.4 Å². The van der Waals surface area contributed by atoms with Crippen LogP contribution in [0.25, 0.3) is 0 Å². The molecule has 1 aromatic heterocycles. The average molecular weight is 199 g/mol. The van der Waals surface area contributed by atoms with E-state index in [1.54, 1.807) is 0 Å². The third kappa shape index (κ3) is 3.33. The van der Waals surface area contributed by atoms with Crippen LogP contribution in [0.1, 0.15) is 25.8 Å². The lowest BCUT2D eigenvalue weighted by molar-refractivity contribution is 1.30. The summed E-state index contributed by atoms with van der Waals surface area (Å²) in [6.45, 7) is 4.13. The van der Waals surface area contributed by atoms with Crippen molar-refractivity contribution in [2.75, 3.05) is 0 Å². The van der Waals surface area contributed by atoms with Gasteiger partial charge >= 0.3 is 0 Å². The topological polar surface area (TPSA) is 75.1 Å². The van der Waals surface area contributed by atoms with Crippen molar-refractivity contribution in [1.29, 1.82) is 5.41 Å². The second kappa shape index (κ2) is 6.30. The zero-order valence-electron chi connectivity index (χ0n) is 8.74. The predicted molar refractivity (Wildman–Crippen MR) is 58.4 cm³/mol. The lowest BCUT2D eigenvalue weighted by Crippen LogP contribution is -1.86. The van der Waals surface area contributed by atoms with Crippen molar-refractivity contribution in [2.24, 2.45) is 10.7 Å². The van der Waals surface area contributed by atoms with Gasteiger partial charge in [0.15, 0.2) is 0 Å². The monoisotopic (exact) mass is 199 g/mol. The first-order valence-electron chi connectivity index (χ1n) is 4.56. The Bertz CT molecular complexity index is 308. The van der Waals surface area contributed by atoms with Crippen LogP contribution in [0, 0.1) is 12.3 Å². The summed E-state index contributed by atoms with van der Waals surface area (Å²) in [5.74, 6) is 0. The molecule has 0 fully saturated rings. The zero-order valence-corrected chi connectivity index (χ0v) is 8.56. The van der Waals surface area contributed by atoms with Gasteiger partial charge < -0.3 is 11.1 Å². The van der Waals surface area contributed by atoms with Crippen LogP contribution in [0.3, 0.4) is 0 Å². The molecule has 0 saturated carbocycles. The number of nitrogens with two attached hydrogens (primary N) is 1. The van der Waals surface area contributed by atoms with Crippen molar-refractivity contribution in [3.8, 4) is 0 Å². The second-order valence-electron chi connectivity index (χ2n) is 1.73. The van der Waals surface area contributed by atoms with Crippen LogP contribution < -0.4 is 5.73 Å². The minimum atomic E-state index is 0.127. The van der Waals surface area contributed by atoms with Crippen LogP contribution >= 0.6 is 11.3 Å². The second-order valence-corrected chi connectivity index (χ2v) is 2.79. The standard InChI is InChI=1S/C6H8N4S.C2H6/c1-4-5(2-7)10-6(11-4)9-3-8;1-2/h2-3,7H,1H3,(H2,8,9,10);1-2H3/i1D;. The van der Waals surface area contributed by atoms with Gasteiger partial charge in [0.25, 0.3) is 0 Å². The fraction of sp³-hybridized carbons (Fsp3) is 0.375. The van der Waals surface area contributed by atoms with E-state index in [0.717, 1.165) is 17.4 Å². The summed E-state index contributed by atoms with van der Waals surface area (Å²) in [6, 6.07) is 0. The number of hydrogen-bond acceptors (Lipinski definition) is 4. The molecule has 1 heterocycles. The van der Waals surface area contributed by atoms with E-state index in [-0.39, 0.29) is 6.90 Å². The normalized spacial score (nSPS) is 10.5. The maximum absolute atomic E-state index is 7.12. The maximum Gasteiger partial charge on any atom is 0.211 e. The summed E-state index contributed by atoms with van der Waals surface area (Å²) in [4.78, 5) is 8.47. The number of aryl methyl sites for hydroxylation is 1. The lowest BCUT2D eigenvalue weighted by atomic mass is 10.4. The van der Waals surface area contributed by atoms with Gasteiger partial charge in [0, 0.05) is 12.5 Å². The minimum absolute atomic E-state index is 0.127.